The molecule has 5 heteroatoms. The van der Waals surface area contributed by atoms with Gasteiger partial charge in [-0.15, -0.1) is 0 Å². The largest absolute Gasteiger partial charge is 0.324 e. The van der Waals surface area contributed by atoms with Crippen molar-refractivity contribution in [3.8, 4) is 0 Å². The fourth-order valence-corrected chi connectivity index (χ4v) is 3.56. The number of nitrogens with zero attached hydrogens (tertiary/aromatic N) is 2. The van der Waals surface area contributed by atoms with E-state index in [1.165, 1.54) is 5.56 Å². The summed E-state index contributed by atoms with van der Waals surface area (Å²) in [6, 6.07) is 15.8. The van der Waals surface area contributed by atoms with Crippen LogP contribution in [-0.2, 0) is 4.79 Å². The topological polar surface area (TPSA) is 35.6 Å². The highest BCUT2D eigenvalue weighted by Gasteiger charge is 2.25. The van der Waals surface area contributed by atoms with Gasteiger partial charge in [-0.1, -0.05) is 60.2 Å². The molecule has 0 unspecified atom stereocenters. The van der Waals surface area contributed by atoms with E-state index in [9.17, 15) is 4.79 Å². The SMILES string of the molecule is Cc1c(Cl)cccc1NC(=O)[C@@H](C)N1CCN(C/C=C/c2ccccc2)CC1. The molecule has 1 aliphatic heterocycles. The quantitative estimate of drug-likeness (QED) is 0.789. The molecular formula is C23H28ClN3O. The number of amides is 1. The Kier molecular flexibility index (Phi) is 7.26. The van der Waals surface area contributed by atoms with Crippen molar-refractivity contribution in [2.24, 2.45) is 0 Å². The monoisotopic (exact) mass is 397 g/mol. The fourth-order valence-electron chi connectivity index (χ4n) is 3.38. The second kappa shape index (κ2) is 9.87. The van der Waals surface area contributed by atoms with Crippen molar-refractivity contribution in [3.05, 3.63) is 70.8 Å². The Morgan fingerprint density at radius 3 is 2.54 bits per heavy atom. The minimum atomic E-state index is -0.166. The zero-order valence-electron chi connectivity index (χ0n) is 16.6. The standard InChI is InChI=1S/C23H28ClN3O/c1-18-21(24)11-6-12-22(18)25-23(28)19(2)27-16-14-26(15-17-27)13-7-10-20-8-4-3-5-9-20/h3-12,19H,13-17H2,1-2H3,(H,25,28)/b10-7+/t19-/m1/s1. The Morgan fingerprint density at radius 1 is 1.11 bits per heavy atom. The molecule has 1 aliphatic rings. The maximum absolute atomic E-state index is 12.7. The lowest BCUT2D eigenvalue weighted by molar-refractivity contribution is -0.121. The van der Waals surface area contributed by atoms with E-state index in [1.807, 2.05) is 38.1 Å². The zero-order valence-corrected chi connectivity index (χ0v) is 17.3. The number of hydrogen-bond donors (Lipinski definition) is 1. The first-order valence-corrected chi connectivity index (χ1v) is 10.2. The lowest BCUT2D eigenvalue weighted by Crippen LogP contribution is -2.52. The summed E-state index contributed by atoms with van der Waals surface area (Å²) in [5.41, 5.74) is 2.91. The van der Waals surface area contributed by atoms with Gasteiger partial charge < -0.3 is 5.32 Å². The average molecular weight is 398 g/mol. The Labute approximate surface area is 172 Å². The molecule has 0 saturated carbocycles. The van der Waals surface area contributed by atoms with Gasteiger partial charge in [0.05, 0.1) is 6.04 Å². The van der Waals surface area contributed by atoms with Gasteiger partial charge in [0, 0.05) is 43.4 Å². The molecule has 1 atom stereocenters. The molecule has 0 aromatic heterocycles. The van der Waals surface area contributed by atoms with Crippen LogP contribution in [0.3, 0.4) is 0 Å². The summed E-state index contributed by atoms with van der Waals surface area (Å²) in [5.74, 6) is 0.0165. The normalized spacial score (nSPS) is 17.0. The summed E-state index contributed by atoms with van der Waals surface area (Å²) in [5, 5.41) is 3.69. The number of nitrogens with one attached hydrogen (secondary N) is 1. The summed E-state index contributed by atoms with van der Waals surface area (Å²) in [6.07, 6.45) is 4.37. The minimum Gasteiger partial charge on any atom is -0.324 e. The van der Waals surface area contributed by atoms with Crippen LogP contribution in [0, 0.1) is 6.92 Å². The molecule has 1 amide bonds. The fraction of sp³-hybridized carbons (Fsp3) is 0.348. The molecule has 1 fully saturated rings. The molecule has 1 N–H and O–H groups in total. The van der Waals surface area contributed by atoms with Crippen LogP contribution in [-0.4, -0.2) is 54.5 Å². The van der Waals surface area contributed by atoms with Crippen LogP contribution in [0.15, 0.2) is 54.6 Å². The van der Waals surface area contributed by atoms with Crippen LogP contribution in [0.5, 0.6) is 0 Å². The maximum atomic E-state index is 12.7. The predicted octanol–water partition coefficient (Wildman–Crippen LogP) is 4.31. The van der Waals surface area contributed by atoms with Crippen LogP contribution >= 0.6 is 11.6 Å². The van der Waals surface area contributed by atoms with E-state index in [-0.39, 0.29) is 11.9 Å². The highest BCUT2D eigenvalue weighted by molar-refractivity contribution is 6.31. The van der Waals surface area contributed by atoms with Crippen LogP contribution in [0.25, 0.3) is 6.08 Å². The van der Waals surface area contributed by atoms with Crippen molar-refractivity contribution in [2.45, 2.75) is 19.9 Å². The van der Waals surface area contributed by atoms with Crippen molar-refractivity contribution >= 4 is 29.3 Å². The first-order chi connectivity index (χ1) is 13.5. The van der Waals surface area contributed by atoms with Crippen LogP contribution in [0.1, 0.15) is 18.1 Å². The first-order valence-electron chi connectivity index (χ1n) is 9.78. The summed E-state index contributed by atoms with van der Waals surface area (Å²) in [4.78, 5) is 17.3. The highest BCUT2D eigenvalue weighted by atomic mass is 35.5. The highest BCUT2D eigenvalue weighted by Crippen LogP contribution is 2.23. The van der Waals surface area contributed by atoms with Gasteiger partial charge in [0.15, 0.2) is 0 Å². The molecule has 1 saturated heterocycles. The van der Waals surface area contributed by atoms with E-state index in [1.54, 1.807) is 0 Å². The summed E-state index contributed by atoms with van der Waals surface area (Å²) in [7, 11) is 0. The molecule has 0 spiro atoms. The predicted molar refractivity (Wildman–Crippen MR) is 118 cm³/mol. The average Bonchev–Trinajstić information content (AvgIpc) is 2.72. The third-order valence-electron chi connectivity index (χ3n) is 5.33. The Hall–Kier alpha value is -2.14. The second-order valence-corrected chi connectivity index (χ2v) is 7.63. The molecular weight excluding hydrogens is 370 g/mol. The van der Waals surface area contributed by atoms with Crippen molar-refractivity contribution in [2.75, 3.05) is 38.0 Å². The Balaban J connectivity index is 1.46. The van der Waals surface area contributed by atoms with Crippen molar-refractivity contribution < 1.29 is 4.79 Å². The van der Waals surface area contributed by atoms with Gasteiger partial charge in [0.2, 0.25) is 5.91 Å². The number of halogens is 1. The zero-order chi connectivity index (χ0) is 19.9. The Morgan fingerprint density at radius 2 is 1.82 bits per heavy atom. The number of benzene rings is 2. The molecule has 1 heterocycles. The number of anilines is 1. The molecule has 28 heavy (non-hydrogen) atoms. The molecule has 0 bridgehead atoms. The maximum Gasteiger partial charge on any atom is 0.241 e. The first kappa shape index (κ1) is 20.6. The van der Waals surface area contributed by atoms with E-state index in [0.717, 1.165) is 44.0 Å². The van der Waals surface area contributed by atoms with E-state index in [2.05, 4.69) is 51.5 Å². The van der Waals surface area contributed by atoms with E-state index in [4.69, 9.17) is 11.6 Å². The summed E-state index contributed by atoms with van der Waals surface area (Å²) < 4.78 is 0. The van der Waals surface area contributed by atoms with Crippen LogP contribution in [0.4, 0.5) is 5.69 Å². The molecule has 4 nitrogen and oxygen atoms in total. The van der Waals surface area contributed by atoms with Gasteiger partial charge in [-0.05, 0) is 37.1 Å². The minimum absolute atomic E-state index is 0.0165. The summed E-state index contributed by atoms with van der Waals surface area (Å²) >= 11 is 6.15. The molecule has 148 valence electrons. The third kappa shape index (κ3) is 5.44. The van der Waals surface area contributed by atoms with Gasteiger partial charge in [0.25, 0.3) is 0 Å². The van der Waals surface area contributed by atoms with Crippen molar-refractivity contribution in [3.63, 3.8) is 0 Å². The molecule has 0 aliphatic carbocycles. The molecule has 2 aromatic rings. The van der Waals surface area contributed by atoms with Gasteiger partial charge in [-0.2, -0.15) is 0 Å². The van der Waals surface area contributed by atoms with Gasteiger partial charge in [0.1, 0.15) is 0 Å². The second-order valence-electron chi connectivity index (χ2n) is 7.23. The van der Waals surface area contributed by atoms with E-state index < -0.39 is 0 Å². The van der Waals surface area contributed by atoms with Crippen LogP contribution in [0.2, 0.25) is 5.02 Å². The number of hydrogen-bond acceptors (Lipinski definition) is 3. The van der Waals surface area contributed by atoms with Crippen molar-refractivity contribution in [1.82, 2.24) is 9.80 Å². The lowest BCUT2D eigenvalue weighted by Gasteiger charge is -2.37. The lowest BCUT2D eigenvalue weighted by atomic mass is 10.1. The third-order valence-corrected chi connectivity index (χ3v) is 5.74. The van der Waals surface area contributed by atoms with Gasteiger partial charge >= 0.3 is 0 Å². The van der Waals surface area contributed by atoms with E-state index in [0.29, 0.717) is 5.02 Å². The Bertz CT molecular complexity index is 814. The number of carbonyl (C=O) groups is 1. The molecule has 0 radical (unpaired) electrons. The van der Waals surface area contributed by atoms with Crippen LogP contribution < -0.4 is 5.32 Å². The number of piperazine rings is 1. The molecule has 2 aromatic carbocycles. The summed E-state index contributed by atoms with van der Waals surface area (Å²) in [6.45, 7) is 8.54. The number of rotatable bonds is 6. The van der Waals surface area contributed by atoms with Gasteiger partial charge in [-0.25, -0.2) is 0 Å². The molecule has 3 rings (SSSR count). The smallest absolute Gasteiger partial charge is 0.241 e. The number of carbonyl (C=O) groups excluding carboxylic acids is 1. The van der Waals surface area contributed by atoms with Crippen molar-refractivity contribution in [1.29, 1.82) is 0 Å². The van der Waals surface area contributed by atoms with E-state index >= 15 is 0 Å². The van der Waals surface area contributed by atoms with Gasteiger partial charge in [-0.3, -0.25) is 14.6 Å².